The Kier molecular flexibility index (Phi) is 9.12. The number of carbonyl (C=O) groups is 3. The van der Waals surface area contributed by atoms with Crippen molar-refractivity contribution >= 4 is 23.3 Å². The molecule has 0 saturated carbocycles. The first-order valence-electron chi connectivity index (χ1n) is 13.5. The van der Waals surface area contributed by atoms with Crippen LogP contribution in [0, 0.1) is 5.41 Å². The Morgan fingerprint density at radius 2 is 1.90 bits per heavy atom. The molecule has 1 N–H and O–H groups in total. The van der Waals surface area contributed by atoms with E-state index in [0.29, 0.717) is 12.0 Å². The van der Waals surface area contributed by atoms with E-state index in [-0.39, 0.29) is 36.2 Å². The van der Waals surface area contributed by atoms with Gasteiger partial charge in [0.05, 0.1) is 18.8 Å². The van der Waals surface area contributed by atoms with Crippen LogP contribution in [0.2, 0.25) is 0 Å². The summed E-state index contributed by atoms with van der Waals surface area (Å²) in [6.07, 6.45) is -0.282. The lowest BCUT2D eigenvalue weighted by molar-refractivity contribution is -0.138. The molecule has 0 radical (unpaired) electrons. The number of benzene rings is 1. The van der Waals surface area contributed by atoms with Crippen LogP contribution < -0.4 is 10.2 Å². The molecule has 3 heterocycles. The Morgan fingerprint density at radius 3 is 2.51 bits per heavy atom. The van der Waals surface area contributed by atoms with Gasteiger partial charge in [-0.15, -0.1) is 0 Å². The van der Waals surface area contributed by atoms with E-state index in [9.17, 15) is 14.4 Å². The summed E-state index contributed by atoms with van der Waals surface area (Å²) in [6, 6.07) is 5.12. The van der Waals surface area contributed by atoms with Crippen molar-refractivity contribution < 1.29 is 23.9 Å². The van der Waals surface area contributed by atoms with E-state index in [1.165, 1.54) is 4.90 Å². The lowest BCUT2D eigenvalue weighted by Gasteiger charge is -2.36. The van der Waals surface area contributed by atoms with Crippen LogP contribution in [-0.4, -0.2) is 111 Å². The predicted octanol–water partition coefficient (Wildman–Crippen LogP) is 1.85. The molecule has 3 fully saturated rings. The maximum absolute atomic E-state index is 13.7. The van der Waals surface area contributed by atoms with Crippen molar-refractivity contribution in [2.45, 2.75) is 51.4 Å². The minimum absolute atomic E-state index is 0.0773. The van der Waals surface area contributed by atoms with Crippen molar-refractivity contribution in [1.82, 2.24) is 15.1 Å². The number of azide groups is 1. The predicted molar refractivity (Wildman–Crippen MR) is 145 cm³/mol. The third kappa shape index (κ3) is 6.88. The number of fused-ring (bicyclic) bond motifs is 1. The van der Waals surface area contributed by atoms with Gasteiger partial charge in [-0.05, 0) is 41.6 Å². The van der Waals surface area contributed by atoms with E-state index in [1.54, 1.807) is 19.2 Å². The third-order valence-electron chi connectivity index (χ3n) is 7.54. The summed E-state index contributed by atoms with van der Waals surface area (Å²) >= 11 is 0. The highest BCUT2D eigenvalue weighted by Gasteiger charge is 2.53. The van der Waals surface area contributed by atoms with Crippen molar-refractivity contribution in [3.05, 3.63) is 40.3 Å². The second-order valence-corrected chi connectivity index (χ2v) is 11.6. The molecule has 212 valence electrons. The quantitative estimate of drug-likeness (QED) is 0.286. The molecule has 4 rings (SSSR count). The lowest BCUT2D eigenvalue weighted by atomic mass is 9.87. The second kappa shape index (κ2) is 12.3. The number of methoxy groups -OCH3 is 1. The number of rotatable bonds is 9. The SMILES string of the molecule is COCCN1CCN(c2ccc(C(=O)N[C@@H](CC(C)(C)C)C(=O)N3C[C@H](N=[N+]=[N-])[C@H]4OCC(=O)[C@H]43)cc2)CC1. The summed E-state index contributed by atoms with van der Waals surface area (Å²) in [5.74, 6) is -0.949. The molecule has 0 unspecified atom stereocenters. The Labute approximate surface area is 229 Å². The Balaban J connectivity index is 1.43. The number of anilines is 1. The first-order chi connectivity index (χ1) is 18.6. The number of nitrogens with one attached hydrogen (secondary N) is 1. The largest absolute Gasteiger partial charge is 0.383 e. The van der Waals surface area contributed by atoms with Gasteiger partial charge in [-0.3, -0.25) is 19.3 Å². The van der Waals surface area contributed by atoms with Gasteiger partial charge >= 0.3 is 0 Å². The number of hydrogen-bond acceptors (Lipinski definition) is 8. The summed E-state index contributed by atoms with van der Waals surface area (Å²) in [6.45, 7) is 11.3. The van der Waals surface area contributed by atoms with Gasteiger partial charge in [-0.2, -0.15) is 0 Å². The summed E-state index contributed by atoms with van der Waals surface area (Å²) in [4.78, 5) is 48.5. The number of hydrogen-bond donors (Lipinski definition) is 1. The van der Waals surface area contributed by atoms with Gasteiger partial charge in [0, 0.05) is 62.5 Å². The molecule has 12 nitrogen and oxygen atoms in total. The van der Waals surface area contributed by atoms with Crippen LogP contribution in [0.4, 0.5) is 5.69 Å². The maximum atomic E-state index is 13.7. The molecule has 0 bridgehead atoms. The monoisotopic (exact) mass is 541 g/mol. The number of ketones is 1. The second-order valence-electron chi connectivity index (χ2n) is 11.6. The fourth-order valence-corrected chi connectivity index (χ4v) is 5.55. The normalized spacial score (nSPS) is 24.3. The minimum Gasteiger partial charge on any atom is -0.383 e. The molecular weight excluding hydrogens is 502 g/mol. The van der Waals surface area contributed by atoms with Crippen LogP contribution in [0.5, 0.6) is 0 Å². The molecule has 0 aliphatic carbocycles. The van der Waals surface area contributed by atoms with Crippen molar-refractivity contribution in [2.24, 2.45) is 10.5 Å². The highest BCUT2D eigenvalue weighted by atomic mass is 16.5. The van der Waals surface area contributed by atoms with Crippen LogP contribution in [0.3, 0.4) is 0 Å². The molecule has 0 aromatic heterocycles. The molecule has 12 heteroatoms. The Morgan fingerprint density at radius 1 is 1.21 bits per heavy atom. The van der Waals surface area contributed by atoms with Gasteiger partial charge in [0.25, 0.3) is 5.91 Å². The van der Waals surface area contributed by atoms with Crippen LogP contribution in [0.25, 0.3) is 10.4 Å². The number of Topliss-reactive ketones (excluding diaryl/α,β-unsaturated/α-hetero) is 1. The molecule has 3 saturated heterocycles. The molecule has 2 amide bonds. The summed E-state index contributed by atoms with van der Waals surface area (Å²) < 4.78 is 10.7. The summed E-state index contributed by atoms with van der Waals surface area (Å²) in [5.41, 5.74) is 10.2. The first-order valence-corrected chi connectivity index (χ1v) is 13.5. The van der Waals surface area contributed by atoms with Gasteiger partial charge in [0.1, 0.15) is 18.7 Å². The standard InChI is InChI=1S/C27H39N7O5/c1-27(2,3)15-20(26(37)34-16-21(30-31-28)24-23(34)22(35)17-39-24)29-25(36)18-5-7-19(8-6-18)33-11-9-32(10-12-33)13-14-38-4/h5-8,20-21,23-24H,9-17H2,1-4H3,(H,29,36)/t20-,21-,23+,24+/m0/s1. The number of amides is 2. The Bertz CT molecular complexity index is 1090. The van der Waals surface area contributed by atoms with Crippen LogP contribution in [-0.2, 0) is 19.1 Å². The Hall–Kier alpha value is -3.18. The number of carbonyl (C=O) groups excluding carboxylic acids is 3. The van der Waals surface area contributed by atoms with Gasteiger partial charge in [-0.25, -0.2) is 0 Å². The number of likely N-dealkylation sites (tertiary alicyclic amines) is 1. The van der Waals surface area contributed by atoms with Gasteiger partial charge in [0.2, 0.25) is 5.91 Å². The zero-order chi connectivity index (χ0) is 28.2. The van der Waals surface area contributed by atoms with E-state index in [2.05, 4.69) is 25.1 Å². The fraction of sp³-hybridized carbons (Fsp3) is 0.667. The van der Waals surface area contributed by atoms with E-state index in [4.69, 9.17) is 15.0 Å². The highest BCUT2D eigenvalue weighted by molar-refractivity contribution is 5.99. The van der Waals surface area contributed by atoms with Crippen molar-refractivity contribution in [2.75, 3.05) is 64.5 Å². The van der Waals surface area contributed by atoms with Gasteiger partial charge in [0.15, 0.2) is 5.78 Å². The zero-order valence-corrected chi connectivity index (χ0v) is 23.2. The van der Waals surface area contributed by atoms with E-state index < -0.39 is 24.2 Å². The molecule has 3 aliphatic rings. The molecule has 3 aliphatic heterocycles. The van der Waals surface area contributed by atoms with Gasteiger partial charge in [-0.1, -0.05) is 25.9 Å². The van der Waals surface area contributed by atoms with E-state index in [0.717, 1.165) is 45.0 Å². The molecule has 1 aromatic carbocycles. The van der Waals surface area contributed by atoms with Crippen LogP contribution in [0.1, 0.15) is 37.6 Å². The van der Waals surface area contributed by atoms with Crippen LogP contribution >= 0.6 is 0 Å². The zero-order valence-electron chi connectivity index (χ0n) is 23.2. The molecular formula is C27H39N7O5. The van der Waals surface area contributed by atoms with Crippen molar-refractivity contribution in [3.63, 3.8) is 0 Å². The smallest absolute Gasteiger partial charge is 0.251 e. The molecule has 0 spiro atoms. The topological polar surface area (TPSA) is 140 Å². The van der Waals surface area contributed by atoms with Crippen molar-refractivity contribution in [1.29, 1.82) is 0 Å². The van der Waals surface area contributed by atoms with E-state index >= 15 is 0 Å². The lowest BCUT2D eigenvalue weighted by Crippen LogP contribution is -2.53. The van der Waals surface area contributed by atoms with Gasteiger partial charge < -0.3 is 24.6 Å². The van der Waals surface area contributed by atoms with Crippen molar-refractivity contribution in [3.8, 4) is 0 Å². The first kappa shape index (κ1) is 28.8. The maximum Gasteiger partial charge on any atom is 0.251 e. The molecule has 39 heavy (non-hydrogen) atoms. The van der Waals surface area contributed by atoms with E-state index in [1.807, 2.05) is 32.9 Å². The number of piperazine rings is 1. The highest BCUT2D eigenvalue weighted by Crippen LogP contribution is 2.32. The number of ether oxygens (including phenoxy) is 2. The van der Waals surface area contributed by atoms with Crippen LogP contribution in [0.15, 0.2) is 29.4 Å². The molecule has 1 aromatic rings. The average molecular weight is 542 g/mol. The fourth-order valence-electron chi connectivity index (χ4n) is 5.55. The number of nitrogens with zero attached hydrogens (tertiary/aromatic N) is 6. The average Bonchev–Trinajstić information content (AvgIpc) is 3.47. The summed E-state index contributed by atoms with van der Waals surface area (Å²) in [5, 5.41) is 6.66. The summed E-state index contributed by atoms with van der Waals surface area (Å²) in [7, 11) is 1.71. The third-order valence-corrected chi connectivity index (χ3v) is 7.54. The molecule has 4 atom stereocenters. The minimum atomic E-state index is -0.851.